The molecule has 3 aromatic heterocycles. The molecule has 0 radical (unpaired) electrons. The third kappa shape index (κ3) is 3.77. The summed E-state index contributed by atoms with van der Waals surface area (Å²) in [6.07, 6.45) is 5.19. The van der Waals surface area contributed by atoms with Crippen LogP contribution in [0.3, 0.4) is 0 Å². The number of aryl methyl sites for hydroxylation is 1. The average Bonchev–Trinajstić information content (AvgIpc) is 3.10. The molecule has 1 saturated heterocycles. The molecular weight excluding hydrogens is 370 g/mol. The predicted molar refractivity (Wildman–Crippen MR) is 107 cm³/mol. The molecule has 3 aromatic rings. The van der Waals surface area contributed by atoms with Gasteiger partial charge in [0.25, 0.3) is 0 Å². The summed E-state index contributed by atoms with van der Waals surface area (Å²) >= 11 is 0. The van der Waals surface area contributed by atoms with Crippen LogP contribution in [-0.4, -0.2) is 43.8 Å². The molecule has 10 heteroatoms. The Hall–Kier alpha value is -3.45. The molecule has 0 aliphatic carbocycles. The van der Waals surface area contributed by atoms with Crippen LogP contribution in [0.2, 0.25) is 0 Å². The molecule has 1 unspecified atom stereocenters. The Bertz CT molecular complexity index is 1070. The van der Waals surface area contributed by atoms with Gasteiger partial charge in [-0.15, -0.1) is 0 Å². The van der Waals surface area contributed by atoms with Crippen molar-refractivity contribution in [1.29, 1.82) is 5.26 Å². The lowest BCUT2D eigenvalue weighted by Crippen LogP contribution is -2.34. The summed E-state index contributed by atoms with van der Waals surface area (Å²) in [5.41, 5.74) is 7.89. The van der Waals surface area contributed by atoms with E-state index < -0.39 is 0 Å². The lowest BCUT2D eigenvalue weighted by molar-refractivity contribution is 0.156. The van der Waals surface area contributed by atoms with Gasteiger partial charge in [-0.05, 0) is 51.4 Å². The van der Waals surface area contributed by atoms with Gasteiger partial charge in [0.2, 0.25) is 5.88 Å². The highest BCUT2D eigenvalue weighted by Crippen LogP contribution is 2.27. The van der Waals surface area contributed by atoms with Crippen LogP contribution in [0.1, 0.15) is 42.8 Å². The molecule has 4 rings (SSSR count). The average molecular weight is 393 g/mol. The maximum atomic E-state index is 9.34. The molecule has 1 aliphatic rings. The molecule has 4 heterocycles. The second-order valence-corrected chi connectivity index (χ2v) is 7.09. The maximum Gasteiger partial charge on any atom is 0.242 e. The largest absolute Gasteiger partial charge is 0.473 e. The minimum atomic E-state index is -0.334. The molecule has 0 aromatic carbocycles. The fourth-order valence-corrected chi connectivity index (χ4v) is 3.38. The number of hydrogen-bond acceptors (Lipinski definition) is 9. The highest BCUT2D eigenvalue weighted by atomic mass is 16.5. The van der Waals surface area contributed by atoms with Gasteiger partial charge in [-0.3, -0.25) is 0 Å². The SMILES string of the molecule is Cc1ccn2nc(C(C)Nc3ncnc(N)c3C#N)nc(OC3CCNCC3)c12. The molecule has 0 spiro atoms. The lowest BCUT2D eigenvalue weighted by atomic mass is 10.1. The number of nitrogen functional groups attached to an aromatic ring is 1. The first kappa shape index (κ1) is 18.9. The van der Waals surface area contributed by atoms with Crippen LogP contribution in [-0.2, 0) is 0 Å². The van der Waals surface area contributed by atoms with Crippen molar-refractivity contribution in [2.75, 3.05) is 24.1 Å². The summed E-state index contributed by atoms with van der Waals surface area (Å²) in [6.45, 7) is 5.77. The Labute approximate surface area is 168 Å². The molecule has 0 amide bonds. The molecule has 1 atom stereocenters. The Morgan fingerprint density at radius 1 is 1.38 bits per heavy atom. The highest BCUT2D eigenvalue weighted by Gasteiger charge is 2.22. The maximum absolute atomic E-state index is 9.34. The Morgan fingerprint density at radius 3 is 2.93 bits per heavy atom. The molecule has 0 saturated carbocycles. The van der Waals surface area contributed by atoms with E-state index in [2.05, 4.69) is 25.7 Å². The van der Waals surface area contributed by atoms with E-state index in [0.29, 0.717) is 17.5 Å². The number of hydrogen-bond donors (Lipinski definition) is 3. The standard InChI is InChI=1S/C19H23N9O/c1-11-5-8-28-15(11)19(29-13-3-6-22-7-4-13)26-17(27-28)12(2)25-18-14(9-20)16(21)23-10-24-18/h5,8,10,12-13,22H,3-4,6-7H2,1-2H3,(H3,21,23,24,25). The molecule has 0 bridgehead atoms. The zero-order chi connectivity index (χ0) is 20.4. The molecule has 1 fully saturated rings. The zero-order valence-electron chi connectivity index (χ0n) is 16.4. The Balaban J connectivity index is 1.67. The van der Waals surface area contributed by atoms with Gasteiger partial charge in [0, 0.05) is 6.20 Å². The van der Waals surface area contributed by atoms with E-state index in [1.165, 1.54) is 6.33 Å². The molecule has 10 nitrogen and oxygen atoms in total. The van der Waals surface area contributed by atoms with Crippen molar-refractivity contribution in [3.8, 4) is 11.9 Å². The number of nitrogens with two attached hydrogens (primary N) is 1. The van der Waals surface area contributed by atoms with Gasteiger partial charge in [0.1, 0.15) is 41.2 Å². The van der Waals surface area contributed by atoms with Crippen LogP contribution in [0.25, 0.3) is 5.52 Å². The fraction of sp³-hybridized carbons (Fsp3) is 0.421. The number of rotatable bonds is 5. The van der Waals surface area contributed by atoms with E-state index in [-0.39, 0.29) is 23.5 Å². The van der Waals surface area contributed by atoms with E-state index in [0.717, 1.165) is 37.0 Å². The molecule has 1 aliphatic heterocycles. The molecule has 150 valence electrons. The number of anilines is 2. The first-order valence-corrected chi connectivity index (χ1v) is 9.57. The molecule has 29 heavy (non-hydrogen) atoms. The van der Waals surface area contributed by atoms with Crippen LogP contribution in [0, 0.1) is 18.3 Å². The number of nitrogens with one attached hydrogen (secondary N) is 2. The first-order chi connectivity index (χ1) is 14.1. The van der Waals surface area contributed by atoms with Crippen molar-refractivity contribution in [3.05, 3.63) is 35.5 Å². The van der Waals surface area contributed by atoms with Crippen LogP contribution in [0.5, 0.6) is 5.88 Å². The minimum Gasteiger partial charge on any atom is -0.473 e. The van der Waals surface area contributed by atoms with Gasteiger partial charge in [-0.2, -0.15) is 15.3 Å². The van der Waals surface area contributed by atoms with Crippen molar-refractivity contribution in [3.63, 3.8) is 0 Å². The smallest absolute Gasteiger partial charge is 0.242 e. The minimum absolute atomic E-state index is 0.118. The van der Waals surface area contributed by atoms with Gasteiger partial charge in [0.05, 0.1) is 6.04 Å². The first-order valence-electron chi connectivity index (χ1n) is 9.57. The van der Waals surface area contributed by atoms with Crippen molar-refractivity contribution < 1.29 is 4.74 Å². The van der Waals surface area contributed by atoms with Gasteiger partial charge >= 0.3 is 0 Å². The third-order valence-electron chi connectivity index (χ3n) is 4.99. The van der Waals surface area contributed by atoms with Crippen molar-refractivity contribution in [2.24, 2.45) is 0 Å². The lowest BCUT2D eigenvalue weighted by Gasteiger charge is -2.24. The predicted octanol–water partition coefficient (Wildman–Crippen LogP) is 1.59. The second-order valence-electron chi connectivity index (χ2n) is 7.09. The summed E-state index contributed by atoms with van der Waals surface area (Å²) in [7, 11) is 0. The summed E-state index contributed by atoms with van der Waals surface area (Å²) in [6, 6.07) is 3.68. The fourth-order valence-electron chi connectivity index (χ4n) is 3.38. The van der Waals surface area contributed by atoms with Gasteiger partial charge < -0.3 is 21.1 Å². The Morgan fingerprint density at radius 2 is 2.17 bits per heavy atom. The van der Waals surface area contributed by atoms with Crippen molar-refractivity contribution >= 4 is 17.2 Å². The van der Waals surface area contributed by atoms with E-state index >= 15 is 0 Å². The van der Waals surface area contributed by atoms with Gasteiger partial charge in [-0.25, -0.2) is 14.5 Å². The van der Waals surface area contributed by atoms with E-state index in [9.17, 15) is 5.26 Å². The summed E-state index contributed by atoms with van der Waals surface area (Å²) in [4.78, 5) is 12.7. The van der Waals surface area contributed by atoms with Crippen LogP contribution < -0.4 is 21.1 Å². The van der Waals surface area contributed by atoms with Crippen molar-refractivity contribution in [1.82, 2.24) is 29.9 Å². The highest BCUT2D eigenvalue weighted by molar-refractivity contribution is 5.63. The molecular formula is C19H23N9O. The van der Waals surface area contributed by atoms with Crippen LogP contribution >= 0.6 is 0 Å². The van der Waals surface area contributed by atoms with Gasteiger partial charge in [-0.1, -0.05) is 0 Å². The number of nitrogens with zero attached hydrogens (tertiary/aromatic N) is 6. The van der Waals surface area contributed by atoms with Crippen molar-refractivity contribution in [2.45, 2.75) is 38.8 Å². The second kappa shape index (κ2) is 7.89. The number of ether oxygens (including phenoxy) is 1. The van der Waals surface area contributed by atoms with E-state index in [1.807, 2.05) is 32.2 Å². The quantitative estimate of drug-likeness (QED) is 0.589. The van der Waals surface area contributed by atoms with Crippen LogP contribution in [0.15, 0.2) is 18.6 Å². The number of aromatic nitrogens is 5. The number of piperidine rings is 1. The summed E-state index contributed by atoms with van der Waals surface area (Å²) in [5.74, 6) is 1.57. The topological polar surface area (TPSA) is 139 Å². The normalized spacial score (nSPS) is 15.8. The van der Waals surface area contributed by atoms with Crippen LogP contribution in [0.4, 0.5) is 11.6 Å². The van der Waals surface area contributed by atoms with E-state index in [4.69, 9.17) is 15.5 Å². The van der Waals surface area contributed by atoms with E-state index in [1.54, 1.807) is 4.52 Å². The Kier molecular flexibility index (Phi) is 5.14. The number of nitriles is 1. The monoisotopic (exact) mass is 393 g/mol. The molecule has 4 N–H and O–H groups in total. The zero-order valence-corrected chi connectivity index (χ0v) is 16.4. The third-order valence-corrected chi connectivity index (χ3v) is 4.99. The summed E-state index contributed by atoms with van der Waals surface area (Å²) < 4.78 is 8.06. The van der Waals surface area contributed by atoms with Gasteiger partial charge in [0.15, 0.2) is 5.82 Å². The number of fused-ring (bicyclic) bond motifs is 1. The summed E-state index contributed by atoms with van der Waals surface area (Å²) in [5, 5.41) is 20.5.